The molecule has 13 heteroatoms. The molecule has 4 aliphatic heterocycles. The van der Waals surface area contributed by atoms with Crippen LogP contribution in [0.25, 0.3) is 0 Å². The molecule has 1 saturated carbocycles. The number of guanidine groups is 2. The third-order valence-corrected chi connectivity index (χ3v) is 9.13. The lowest BCUT2D eigenvalue weighted by atomic mass is 9.79. The maximum Gasteiger partial charge on any atom is 0.407 e. The SMILES string of the molecule is C=C1C(NC(=O)c2cccc3c2OCCC3(C)C)CN2C(N)=NC(CNC(=O)OC3CCCC3)C3N=C(N)N(O)C132. The molecule has 4 heterocycles. The number of ether oxygens (including phenoxy) is 2. The summed E-state index contributed by atoms with van der Waals surface area (Å²) < 4.78 is 11.5. The fourth-order valence-corrected chi connectivity index (χ4v) is 6.84. The minimum Gasteiger partial charge on any atom is -0.492 e. The number of nitrogens with two attached hydrogens (primary N) is 2. The normalized spacial score (nSPS) is 30.0. The lowest BCUT2D eigenvalue weighted by Crippen LogP contribution is -2.70. The Balaban J connectivity index is 1.23. The highest BCUT2D eigenvalue weighted by molar-refractivity contribution is 5.98. The second-order valence-corrected chi connectivity index (χ2v) is 12.0. The Hall–Kier alpha value is -4.00. The maximum atomic E-state index is 13.6. The summed E-state index contributed by atoms with van der Waals surface area (Å²) in [6.07, 6.45) is 4.01. The number of benzene rings is 1. The van der Waals surface area contributed by atoms with E-state index in [1.807, 2.05) is 12.1 Å². The summed E-state index contributed by atoms with van der Waals surface area (Å²) >= 11 is 0. The second kappa shape index (κ2) is 9.82. The van der Waals surface area contributed by atoms with Crippen molar-refractivity contribution in [3.8, 4) is 5.75 Å². The van der Waals surface area contributed by atoms with E-state index in [0.29, 0.717) is 23.5 Å². The quantitative estimate of drug-likeness (QED) is 0.327. The van der Waals surface area contributed by atoms with Gasteiger partial charge in [-0.05, 0) is 49.2 Å². The van der Waals surface area contributed by atoms with Gasteiger partial charge in [0.1, 0.15) is 17.9 Å². The molecule has 4 atom stereocenters. The molecule has 1 aromatic rings. The molecular formula is C28H38N8O5. The Morgan fingerprint density at radius 2 is 1.98 bits per heavy atom. The molecule has 1 saturated heterocycles. The van der Waals surface area contributed by atoms with Crippen LogP contribution in [-0.4, -0.2) is 88.7 Å². The second-order valence-electron chi connectivity index (χ2n) is 12.0. The standard InChI is InChI=1S/C28H38N8O5/c1-15-20(32-23(37)17-9-6-10-18-21(17)40-12-11-27(18,2)3)14-35-24(29)33-19(22-28(15,35)36(39)25(30)34-22)13-31-26(38)41-16-7-4-5-8-16/h6,9-10,16,19-20,22,39H,1,4-5,7-8,11-14H2,2-3H3,(H2,29,33)(H2,30,34)(H,31,38)(H,32,37). The molecule has 0 bridgehead atoms. The summed E-state index contributed by atoms with van der Waals surface area (Å²) in [5.41, 5.74) is 12.9. The highest BCUT2D eigenvalue weighted by Crippen LogP contribution is 2.47. The van der Waals surface area contributed by atoms with Crippen LogP contribution in [-0.2, 0) is 10.2 Å². The number of aliphatic imine (C=N–C) groups is 2. The van der Waals surface area contributed by atoms with Crippen LogP contribution in [0.3, 0.4) is 0 Å². The van der Waals surface area contributed by atoms with Crippen molar-refractivity contribution < 1.29 is 24.3 Å². The van der Waals surface area contributed by atoms with Gasteiger partial charge in [-0.2, -0.15) is 5.06 Å². The van der Waals surface area contributed by atoms with Gasteiger partial charge in [0.2, 0.25) is 5.96 Å². The Labute approximate surface area is 238 Å². The fourth-order valence-electron chi connectivity index (χ4n) is 6.84. The fraction of sp³-hybridized carbons (Fsp3) is 0.571. The molecule has 220 valence electrons. The average Bonchev–Trinajstić information content (AvgIpc) is 3.62. The van der Waals surface area contributed by atoms with Gasteiger partial charge >= 0.3 is 6.09 Å². The van der Waals surface area contributed by atoms with Crippen LogP contribution in [0.1, 0.15) is 61.9 Å². The molecule has 5 aliphatic rings. The average molecular weight is 567 g/mol. The number of carbonyl (C=O) groups is 2. The lowest BCUT2D eigenvalue weighted by molar-refractivity contribution is -0.132. The number of fused-ring (bicyclic) bond motifs is 1. The van der Waals surface area contributed by atoms with Crippen molar-refractivity contribution in [2.75, 3.05) is 19.7 Å². The van der Waals surface area contributed by atoms with Crippen LogP contribution in [0.4, 0.5) is 4.79 Å². The number of rotatable bonds is 5. The Kier molecular flexibility index (Phi) is 6.51. The molecule has 0 aromatic heterocycles. The van der Waals surface area contributed by atoms with E-state index in [0.717, 1.165) is 42.7 Å². The van der Waals surface area contributed by atoms with E-state index >= 15 is 0 Å². The summed E-state index contributed by atoms with van der Waals surface area (Å²) in [6, 6.07) is 3.53. The highest BCUT2D eigenvalue weighted by Gasteiger charge is 2.66. The molecule has 0 radical (unpaired) electrons. The van der Waals surface area contributed by atoms with E-state index < -0.39 is 29.9 Å². The molecule has 2 fully saturated rings. The zero-order valence-electron chi connectivity index (χ0n) is 23.4. The van der Waals surface area contributed by atoms with E-state index in [9.17, 15) is 14.8 Å². The zero-order valence-corrected chi connectivity index (χ0v) is 23.4. The maximum absolute atomic E-state index is 13.6. The Morgan fingerprint density at radius 3 is 2.73 bits per heavy atom. The molecule has 7 N–H and O–H groups in total. The summed E-state index contributed by atoms with van der Waals surface area (Å²) in [4.78, 5) is 36.8. The number of hydroxylamine groups is 2. The highest BCUT2D eigenvalue weighted by atomic mass is 16.6. The number of hydrogen-bond acceptors (Lipinski definition) is 11. The van der Waals surface area contributed by atoms with E-state index in [-0.39, 0.29) is 42.4 Å². The van der Waals surface area contributed by atoms with E-state index in [4.69, 9.17) is 20.9 Å². The minimum absolute atomic E-state index is 0.0602. The number of amides is 2. The van der Waals surface area contributed by atoms with Crippen LogP contribution in [0.2, 0.25) is 0 Å². The van der Waals surface area contributed by atoms with E-state index in [1.54, 1.807) is 11.0 Å². The van der Waals surface area contributed by atoms with Crippen LogP contribution >= 0.6 is 0 Å². The van der Waals surface area contributed by atoms with Gasteiger partial charge in [0.05, 0.1) is 24.3 Å². The smallest absolute Gasteiger partial charge is 0.407 e. The first-order valence-electron chi connectivity index (χ1n) is 14.2. The monoisotopic (exact) mass is 566 g/mol. The first-order valence-corrected chi connectivity index (χ1v) is 14.2. The summed E-state index contributed by atoms with van der Waals surface area (Å²) in [7, 11) is 0. The molecule has 1 spiro atoms. The van der Waals surface area contributed by atoms with Crippen LogP contribution in [0.15, 0.2) is 40.3 Å². The van der Waals surface area contributed by atoms with Crippen molar-refractivity contribution in [1.29, 1.82) is 0 Å². The van der Waals surface area contributed by atoms with Gasteiger partial charge in [-0.1, -0.05) is 32.6 Å². The van der Waals surface area contributed by atoms with E-state index in [2.05, 4.69) is 41.0 Å². The van der Waals surface area contributed by atoms with Gasteiger partial charge in [-0.3, -0.25) is 10.0 Å². The summed E-state index contributed by atoms with van der Waals surface area (Å²) in [5, 5.41) is 17.9. The first kappa shape index (κ1) is 27.2. The predicted octanol–water partition coefficient (Wildman–Crippen LogP) is 1.17. The number of hydrogen-bond donors (Lipinski definition) is 5. The van der Waals surface area contributed by atoms with Crippen molar-refractivity contribution in [3.63, 3.8) is 0 Å². The number of nitrogens with zero attached hydrogens (tertiary/aromatic N) is 4. The Morgan fingerprint density at radius 1 is 1.22 bits per heavy atom. The summed E-state index contributed by atoms with van der Waals surface area (Å²) in [6.45, 7) is 9.32. The molecule has 1 aliphatic carbocycles. The third-order valence-electron chi connectivity index (χ3n) is 9.13. The zero-order chi connectivity index (χ0) is 29.1. The molecule has 4 unspecified atom stereocenters. The van der Waals surface area contributed by atoms with Crippen LogP contribution < -0.4 is 26.8 Å². The molecule has 13 nitrogen and oxygen atoms in total. The van der Waals surface area contributed by atoms with Crippen LogP contribution in [0, 0.1) is 0 Å². The van der Waals surface area contributed by atoms with Gasteiger partial charge in [-0.25, -0.2) is 14.8 Å². The van der Waals surface area contributed by atoms with Gasteiger partial charge in [-0.15, -0.1) is 0 Å². The van der Waals surface area contributed by atoms with Crippen molar-refractivity contribution >= 4 is 23.9 Å². The molecular weight excluding hydrogens is 528 g/mol. The van der Waals surface area contributed by atoms with Crippen molar-refractivity contribution in [1.82, 2.24) is 20.6 Å². The van der Waals surface area contributed by atoms with Crippen molar-refractivity contribution in [2.24, 2.45) is 21.5 Å². The molecule has 41 heavy (non-hydrogen) atoms. The van der Waals surface area contributed by atoms with Gasteiger partial charge in [0.25, 0.3) is 5.91 Å². The van der Waals surface area contributed by atoms with E-state index in [1.165, 1.54) is 0 Å². The Bertz CT molecular complexity index is 1340. The number of nitrogens with one attached hydrogen (secondary N) is 2. The lowest BCUT2D eigenvalue weighted by Gasteiger charge is -2.47. The van der Waals surface area contributed by atoms with Gasteiger partial charge in [0.15, 0.2) is 11.6 Å². The molecule has 2 amide bonds. The minimum atomic E-state index is -1.38. The van der Waals surface area contributed by atoms with Crippen LogP contribution in [0.5, 0.6) is 5.75 Å². The number of carbonyl (C=O) groups excluding carboxylic acids is 2. The summed E-state index contributed by atoms with van der Waals surface area (Å²) in [5.74, 6) is 0.219. The van der Waals surface area contributed by atoms with Gasteiger partial charge < -0.3 is 36.5 Å². The first-order chi connectivity index (χ1) is 19.5. The predicted molar refractivity (Wildman–Crippen MR) is 151 cm³/mol. The third kappa shape index (κ3) is 4.25. The molecule has 6 rings (SSSR count). The molecule has 1 aromatic carbocycles. The van der Waals surface area contributed by atoms with Gasteiger partial charge in [0, 0.05) is 18.7 Å². The van der Waals surface area contributed by atoms with Crippen molar-refractivity contribution in [3.05, 3.63) is 41.5 Å². The number of alkyl carbamates (subject to hydrolysis) is 1. The largest absolute Gasteiger partial charge is 0.492 e. The number of para-hydroxylation sites is 1. The van der Waals surface area contributed by atoms with Crippen molar-refractivity contribution in [2.45, 2.75) is 81.3 Å². The topological polar surface area (TPSA) is 180 Å².